The largest absolute Gasteiger partial charge is 0.497 e. The Labute approximate surface area is 133 Å². The van der Waals surface area contributed by atoms with Crippen LogP contribution in [0.15, 0.2) is 48.7 Å². The molecule has 0 saturated heterocycles. The molecule has 0 atom stereocenters. The van der Waals surface area contributed by atoms with E-state index in [1.54, 1.807) is 43.5 Å². The Balaban J connectivity index is 1.99. The normalized spacial score (nSPS) is 10.4. The van der Waals surface area contributed by atoms with E-state index in [9.17, 15) is 9.18 Å². The third-order valence-corrected chi connectivity index (χ3v) is 3.04. The third kappa shape index (κ3) is 4.47. The number of nitrogens with one attached hydrogen (secondary N) is 2. The summed E-state index contributed by atoms with van der Waals surface area (Å²) in [7, 11) is 3.04. The molecular formula is C17H17FN2O3. The number of halogens is 1. The van der Waals surface area contributed by atoms with Gasteiger partial charge in [0, 0.05) is 17.8 Å². The van der Waals surface area contributed by atoms with Gasteiger partial charge >= 0.3 is 6.03 Å². The first kappa shape index (κ1) is 16.4. The molecule has 0 fully saturated rings. The van der Waals surface area contributed by atoms with Gasteiger partial charge in [0.1, 0.15) is 17.3 Å². The lowest BCUT2D eigenvalue weighted by Gasteiger charge is -2.11. The van der Waals surface area contributed by atoms with E-state index in [-0.39, 0.29) is 5.82 Å². The Morgan fingerprint density at radius 2 is 1.91 bits per heavy atom. The second kappa shape index (κ2) is 7.84. The summed E-state index contributed by atoms with van der Waals surface area (Å²) in [6.45, 7) is 0. The Morgan fingerprint density at radius 3 is 2.61 bits per heavy atom. The van der Waals surface area contributed by atoms with E-state index in [0.717, 1.165) is 0 Å². The molecule has 0 saturated carbocycles. The van der Waals surface area contributed by atoms with Crippen LogP contribution in [-0.2, 0) is 0 Å². The van der Waals surface area contributed by atoms with Crippen LogP contribution in [0.2, 0.25) is 0 Å². The molecule has 6 heteroatoms. The fraction of sp³-hybridized carbons (Fsp3) is 0.118. The van der Waals surface area contributed by atoms with Crippen molar-refractivity contribution in [2.45, 2.75) is 0 Å². The number of benzene rings is 2. The summed E-state index contributed by atoms with van der Waals surface area (Å²) in [5.41, 5.74) is 0.875. The maximum Gasteiger partial charge on any atom is 0.323 e. The molecule has 0 heterocycles. The molecule has 0 aromatic heterocycles. The van der Waals surface area contributed by atoms with Gasteiger partial charge in [-0.25, -0.2) is 9.18 Å². The van der Waals surface area contributed by atoms with Crippen molar-refractivity contribution in [2.24, 2.45) is 0 Å². The summed E-state index contributed by atoms with van der Waals surface area (Å²) in [6, 6.07) is 10.8. The van der Waals surface area contributed by atoms with Crippen LogP contribution in [0.4, 0.5) is 14.9 Å². The van der Waals surface area contributed by atoms with Crippen molar-refractivity contribution in [3.63, 3.8) is 0 Å². The lowest BCUT2D eigenvalue weighted by Crippen LogP contribution is -2.24. The van der Waals surface area contributed by atoms with Crippen LogP contribution in [0.1, 0.15) is 5.56 Å². The van der Waals surface area contributed by atoms with Crippen molar-refractivity contribution < 1.29 is 18.7 Å². The standard InChI is InChI=1S/C17H17FN2O3/c1-22-13-7-8-15(16(11-13)23-2)20-17(21)19-10-9-12-5-3-4-6-14(12)18/h3-11H,1-2H3,(H2,19,20,21)/b10-9+. The van der Waals surface area contributed by atoms with E-state index in [2.05, 4.69) is 10.6 Å². The van der Waals surface area contributed by atoms with Crippen molar-refractivity contribution >= 4 is 17.8 Å². The van der Waals surface area contributed by atoms with Gasteiger partial charge in [-0.05, 0) is 24.3 Å². The predicted molar refractivity (Wildman–Crippen MR) is 87.1 cm³/mol. The molecule has 2 amide bonds. The van der Waals surface area contributed by atoms with Crippen LogP contribution in [0.5, 0.6) is 11.5 Å². The molecule has 0 aliphatic rings. The highest BCUT2D eigenvalue weighted by Crippen LogP contribution is 2.28. The minimum Gasteiger partial charge on any atom is -0.497 e. The van der Waals surface area contributed by atoms with E-state index >= 15 is 0 Å². The third-order valence-electron chi connectivity index (χ3n) is 3.04. The molecule has 0 radical (unpaired) electrons. The zero-order valence-corrected chi connectivity index (χ0v) is 12.8. The average molecular weight is 316 g/mol. The number of urea groups is 1. The summed E-state index contributed by atoms with van der Waals surface area (Å²) in [5, 5.41) is 5.14. The summed E-state index contributed by atoms with van der Waals surface area (Å²) >= 11 is 0. The number of anilines is 1. The van der Waals surface area contributed by atoms with Crippen LogP contribution in [0.3, 0.4) is 0 Å². The molecule has 0 aliphatic heterocycles. The Morgan fingerprint density at radius 1 is 1.13 bits per heavy atom. The van der Waals surface area contributed by atoms with Gasteiger partial charge < -0.3 is 20.1 Å². The molecule has 0 bridgehead atoms. The predicted octanol–water partition coefficient (Wildman–Crippen LogP) is 3.64. The minimum absolute atomic E-state index is 0.359. The van der Waals surface area contributed by atoms with Crippen LogP contribution in [0.25, 0.3) is 6.08 Å². The van der Waals surface area contributed by atoms with Crippen molar-refractivity contribution in [1.82, 2.24) is 5.32 Å². The number of carbonyl (C=O) groups is 1. The molecule has 5 nitrogen and oxygen atoms in total. The number of hydrogen-bond acceptors (Lipinski definition) is 3. The second-order valence-electron chi connectivity index (χ2n) is 4.52. The maximum absolute atomic E-state index is 13.4. The maximum atomic E-state index is 13.4. The molecule has 0 unspecified atom stereocenters. The molecule has 2 rings (SSSR count). The highest BCUT2D eigenvalue weighted by Gasteiger charge is 2.07. The quantitative estimate of drug-likeness (QED) is 0.885. The van der Waals surface area contributed by atoms with Gasteiger partial charge in [0.05, 0.1) is 19.9 Å². The lowest BCUT2D eigenvalue weighted by molar-refractivity contribution is 0.255. The van der Waals surface area contributed by atoms with Gasteiger partial charge in [0.2, 0.25) is 0 Å². The smallest absolute Gasteiger partial charge is 0.323 e. The first-order valence-corrected chi connectivity index (χ1v) is 6.84. The molecule has 23 heavy (non-hydrogen) atoms. The van der Waals surface area contributed by atoms with Crippen molar-refractivity contribution in [2.75, 3.05) is 19.5 Å². The first-order valence-electron chi connectivity index (χ1n) is 6.84. The number of ether oxygens (including phenoxy) is 2. The fourth-order valence-electron chi connectivity index (χ4n) is 1.88. The van der Waals surface area contributed by atoms with E-state index in [1.165, 1.54) is 25.5 Å². The monoisotopic (exact) mass is 316 g/mol. The fourth-order valence-corrected chi connectivity index (χ4v) is 1.88. The number of methoxy groups -OCH3 is 2. The van der Waals surface area contributed by atoms with Crippen molar-refractivity contribution in [3.8, 4) is 11.5 Å². The summed E-state index contributed by atoms with van der Waals surface area (Å²) in [6.07, 6.45) is 2.84. The van der Waals surface area contributed by atoms with Crippen molar-refractivity contribution in [1.29, 1.82) is 0 Å². The Bertz CT molecular complexity index is 717. The van der Waals surface area contributed by atoms with E-state index in [0.29, 0.717) is 22.7 Å². The minimum atomic E-state index is -0.471. The number of hydrogen-bond donors (Lipinski definition) is 2. The summed E-state index contributed by atoms with van der Waals surface area (Å²) in [4.78, 5) is 11.9. The molecular weight excluding hydrogens is 299 g/mol. The molecule has 0 aliphatic carbocycles. The highest BCUT2D eigenvalue weighted by molar-refractivity contribution is 5.92. The number of carbonyl (C=O) groups excluding carboxylic acids is 1. The second-order valence-corrected chi connectivity index (χ2v) is 4.52. The molecule has 2 aromatic rings. The van der Waals surface area contributed by atoms with E-state index in [1.807, 2.05) is 0 Å². The van der Waals surface area contributed by atoms with Crippen LogP contribution in [0, 0.1) is 5.82 Å². The van der Waals surface area contributed by atoms with Crippen LogP contribution in [-0.4, -0.2) is 20.3 Å². The van der Waals surface area contributed by atoms with Gasteiger partial charge in [-0.15, -0.1) is 0 Å². The summed E-state index contributed by atoms with van der Waals surface area (Å²) < 4.78 is 23.7. The lowest BCUT2D eigenvalue weighted by atomic mass is 10.2. The van der Waals surface area contributed by atoms with E-state index < -0.39 is 6.03 Å². The number of rotatable bonds is 5. The zero-order chi connectivity index (χ0) is 16.7. The first-order chi connectivity index (χ1) is 11.1. The Hall–Kier alpha value is -3.02. The van der Waals surface area contributed by atoms with Gasteiger partial charge in [0.15, 0.2) is 0 Å². The van der Waals surface area contributed by atoms with Gasteiger partial charge in [-0.3, -0.25) is 0 Å². The zero-order valence-electron chi connectivity index (χ0n) is 12.8. The van der Waals surface area contributed by atoms with E-state index in [4.69, 9.17) is 9.47 Å². The molecule has 0 spiro atoms. The van der Waals surface area contributed by atoms with Crippen LogP contribution >= 0.6 is 0 Å². The molecule has 2 N–H and O–H groups in total. The SMILES string of the molecule is COc1ccc(NC(=O)N/C=C/c2ccccc2F)c(OC)c1. The van der Waals surface area contributed by atoms with Crippen molar-refractivity contribution in [3.05, 3.63) is 60.0 Å². The van der Waals surface area contributed by atoms with Gasteiger partial charge in [-0.2, -0.15) is 0 Å². The number of amides is 2. The topological polar surface area (TPSA) is 59.6 Å². The summed E-state index contributed by atoms with van der Waals surface area (Å²) in [5.74, 6) is 0.729. The highest BCUT2D eigenvalue weighted by atomic mass is 19.1. The average Bonchev–Trinajstić information content (AvgIpc) is 2.57. The molecule has 2 aromatic carbocycles. The van der Waals surface area contributed by atoms with Crippen LogP contribution < -0.4 is 20.1 Å². The molecule has 120 valence electrons. The Kier molecular flexibility index (Phi) is 5.57. The van der Waals surface area contributed by atoms with Gasteiger partial charge in [-0.1, -0.05) is 18.2 Å². The van der Waals surface area contributed by atoms with Gasteiger partial charge in [0.25, 0.3) is 0 Å².